The van der Waals surface area contributed by atoms with Gasteiger partial charge >= 0.3 is 5.97 Å². The largest absolute Gasteiger partial charge is 0.460 e. The molecule has 0 amide bonds. The number of hydrogen-bond acceptors (Lipinski definition) is 2. The highest BCUT2D eigenvalue weighted by molar-refractivity contribution is 5.70. The maximum absolute atomic E-state index is 11.8. The second kappa shape index (κ2) is 8.69. The van der Waals surface area contributed by atoms with Crippen LogP contribution >= 0.6 is 0 Å². The van der Waals surface area contributed by atoms with Crippen molar-refractivity contribution in [2.24, 2.45) is 11.8 Å². The lowest BCUT2D eigenvalue weighted by atomic mass is 9.84. The van der Waals surface area contributed by atoms with Gasteiger partial charge < -0.3 is 4.74 Å². The predicted octanol–water partition coefficient (Wildman–Crippen LogP) is 5.31. The molecule has 2 nitrogen and oxygen atoms in total. The first-order valence-electron chi connectivity index (χ1n) is 8.42. The van der Waals surface area contributed by atoms with Crippen molar-refractivity contribution in [3.63, 3.8) is 0 Å². The van der Waals surface area contributed by atoms with Gasteiger partial charge in [-0.1, -0.05) is 51.9 Å². The van der Waals surface area contributed by atoms with Gasteiger partial charge in [0.2, 0.25) is 0 Å². The van der Waals surface area contributed by atoms with E-state index in [0.717, 1.165) is 18.8 Å². The highest BCUT2D eigenvalue weighted by Gasteiger charge is 2.20. The van der Waals surface area contributed by atoms with Crippen LogP contribution in [0.2, 0.25) is 0 Å². The van der Waals surface area contributed by atoms with Crippen molar-refractivity contribution in [1.82, 2.24) is 0 Å². The Bertz CT molecular complexity index is 272. The molecule has 0 bridgehead atoms. The van der Waals surface area contributed by atoms with Crippen LogP contribution in [0.3, 0.4) is 0 Å². The van der Waals surface area contributed by atoms with Crippen molar-refractivity contribution < 1.29 is 9.53 Å². The first-order chi connectivity index (χ1) is 9.40. The van der Waals surface area contributed by atoms with Crippen LogP contribution in [0.1, 0.15) is 85.0 Å². The van der Waals surface area contributed by atoms with E-state index >= 15 is 0 Å². The average molecular weight is 281 g/mol. The Morgan fingerprint density at radius 3 is 2.45 bits per heavy atom. The molecule has 0 aromatic carbocycles. The second-order valence-electron chi connectivity index (χ2n) is 7.38. The van der Waals surface area contributed by atoms with E-state index in [-0.39, 0.29) is 11.6 Å². The van der Waals surface area contributed by atoms with Crippen LogP contribution in [-0.2, 0) is 9.53 Å². The standard InChI is InChI=1S/C18H33O2/c1-5-15(14-17(19)20-18(2,3)4)12-9-13-16-10-7-6-8-11-16/h15-16H,1,5-14H2,2-4H3/t15-/m1/s1. The first kappa shape index (κ1) is 17.5. The maximum atomic E-state index is 11.8. The number of ether oxygens (including phenoxy) is 1. The van der Waals surface area contributed by atoms with Gasteiger partial charge in [0.05, 0.1) is 0 Å². The minimum absolute atomic E-state index is 0.0659. The highest BCUT2D eigenvalue weighted by atomic mass is 16.6. The van der Waals surface area contributed by atoms with E-state index in [0.29, 0.717) is 12.3 Å². The lowest BCUT2D eigenvalue weighted by molar-refractivity contribution is -0.156. The normalized spacial score (nSPS) is 18.8. The topological polar surface area (TPSA) is 26.3 Å². The fourth-order valence-corrected chi connectivity index (χ4v) is 3.14. The molecule has 0 unspecified atom stereocenters. The van der Waals surface area contributed by atoms with Crippen molar-refractivity contribution in [1.29, 1.82) is 0 Å². The van der Waals surface area contributed by atoms with Crippen molar-refractivity contribution >= 4 is 5.97 Å². The van der Waals surface area contributed by atoms with Gasteiger partial charge in [0.15, 0.2) is 0 Å². The third-order valence-corrected chi connectivity index (χ3v) is 4.23. The summed E-state index contributed by atoms with van der Waals surface area (Å²) in [7, 11) is 0. The van der Waals surface area contributed by atoms with Crippen molar-refractivity contribution in [2.45, 2.75) is 90.6 Å². The Morgan fingerprint density at radius 1 is 1.25 bits per heavy atom. The predicted molar refractivity (Wildman–Crippen MR) is 84.4 cm³/mol. The van der Waals surface area contributed by atoms with Crippen molar-refractivity contribution in [3.8, 4) is 0 Å². The number of rotatable bonds is 7. The molecule has 1 aliphatic carbocycles. The molecule has 0 N–H and O–H groups in total. The fourth-order valence-electron chi connectivity index (χ4n) is 3.14. The number of esters is 1. The highest BCUT2D eigenvalue weighted by Crippen LogP contribution is 2.29. The van der Waals surface area contributed by atoms with Crippen LogP contribution in [0.4, 0.5) is 0 Å². The number of carbonyl (C=O) groups is 1. The van der Waals surface area contributed by atoms with E-state index in [2.05, 4.69) is 6.92 Å². The van der Waals surface area contributed by atoms with Crippen LogP contribution in [0, 0.1) is 18.8 Å². The summed E-state index contributed by atoms with van der Waals surface area (Å²) in [5, 5.41) is 0. The summed E-state index contributed by atoms with van der Waals surface area (Å²) in [5.41, 5.74) is -0.370. The lowest BCUT2D eigenvalue weighted by Gasteiger charge is -2.23. The van der Waals surface area contributed by atoms with Crippen LogP contribution < -0.4 is 0 Å². The summed E-state index contributed by atoms with van der Waals surface area (Å²) in [5.74, 6) is 1.27. The average Bonchev–Trinajstić information content (AvgIpc) is 2.36. The molecular formula is C18H33O2. The Morgan fingerprint density at radius 2 is 1.90 bits per heavy atom. The SMILES string of the molecule is [CH2]C[C@H](CCCC1CCCCC1)CC(=O)OC(C)(C)C. The van der Waals surface area contributed by atoms with Crippen LogP contribution in [0.25, 0.3) is 0 Å². The van der Waals surface area contributed by atoms with Gasteiger partial charge in [-0.15, -0.1) is 0 Å². The molecule has 0 saturated heterocycles. The molecule has 1 radical (unpaired) electrons. The van der Waals surface area contributed by atoms with Crippen LogP contribution in [-0.4, -0.2) is 11.6 Å². The quantitative estimate of drug-likeness (QED) is 0.591. The Labute approximate surface area is 125 Å². The summed E-state index contributed by atoms with van der Waals surface area (Å²) < 4.78 is 5.40. The maximum Gasteiger partial charge on any atom is 0.306 e. The fraction of sp³-hybridized carbons (Fsp3) is 0.889. The molecule has 0 spiro atoms. The Balaban J connectivity index is 2.19. The van der Waals surface area contributed by atoms with Crippen LogP contribution in [0.5, 0.6) is 0 Å². The first-order valence-corrected chi connectivity index (χ1v) is 8.42. The molecule has 1 rings (SSSR count). The summed E-state index contributed by atoms with van der Waals surface area (Å²) in [4.78, 5) is 11.8. The second-order valence-corrected chi connectivity index (χ2v) is 7.38. The molecule has 0 aromatic rings. The molecular weight excluding hydrogens is 248 g/mol. The summed E-state index contributed by atoms with van der Waals surface area (Å²) in [6, 6.07) is 0. The van der Waals surface area contributed by atoms with E-state index in [1.807, 2.05) is 20.8 Å². The molecule has 1 aliphatic rings. The smallest absolute Gasteiger partial charge is 0.306 e. The monoisotopic (exact) mass is 281 g/mol. The van der Waals surface area contributed by atoms with Crippen LogP contribution in [0.15, 0.2) is 0 Å². The van der Waals surface area contributed by atoms with Gasteiger partial charge in [-0.3, -0.25) is 4.79 Å². The van der Waals surface area contributed by atoms with Gasteiger partial charge in [0, 0.05) is 6.42 Å². The van der Waals surface area contributed by atoms with Gasteiger partial charge in [0.25, 0.3) is 0 Å². The Hall–Kier alpha value is -0.530. The molecule has 117 valence electrons. The number of hydrogen-bond donors (Lipinski definition) is 0. The van der Waals surface area contributed by atoms with Gasteiger partial charge in [-0.2, -0.15) is 0 Å². The Kier molecular flexibility index (Phi) is 7.61. The minimum Gasteiger partial charge on any atom is -0.460 e. The molecule has 1 atom stereocenters. The molecule has 0 heterocycles. The zero-order chi connectivity index (χ0) is 15.0. The van der Waals surface area contributed by atoms with E-state index in [1.54, 1.807) is 0 Å². The third kappa shape index (κ3) is 7.91. The molecule has 1 saturated carbocycles. The molecule has 2 heteroatoms. The molecule has 0 aromatic heterocycles. The van der Waals surface area contributed by atoms with E-state index < -0.39 is 0 Å². The zero-order valence-corrected chi connectivity index (χ0v) is 13.7. The summed E-state index contributed by atoms with van der Waals surface area (Å²) in [6.07, 6.45) is 12.2. The van der Waals surface area contributed by atoms with E-state index in [1.165, 1.54) is 44.9 Å². The van der Waals surface area contributed by atoms with E-state index in [9.17, 15) is 4.79 Å². The summed E-state index contributed by atoms with van der Waals surface area (Å²) >= 11 is 0. The molecule has 1 fully saturated rings. The minimum atomic E-state index is -0.370. The molecule has 0 aliphatic heterocycles. The van der Waals surface area contributed by atoms with Crippen molar-refractivity contribution in [2.75, 3.05) is 0 Å². The van der Waals surface area contributed by atoms with Gasteiger partial charge in [0.1, 0.15) is 5.60 Å². The van der Waals surface area contributed by atoms with Gasteiger partial charge in [-0.05, 0) is 45.4 Å². The lowest BCUT2D eigenvalue weighted by Crippen LogP contribution is -2.25. The zero-order valence-electron chi connectivity index (χ0n) is 13.7. The van der Waals surface area contributed by atoms with Gasteiger partial charge in [-0.25, -0.2) is 0 Å². The summed E-state index contributed by atoms with van der Waals surface area (Å²) in [6.45, 7) is 9.76. The number of carbonyl (C=O) groups excluding carboxylic acids is 1. The van der Waals surface area contributed by atoms with Crippen molar-refractivity contribution in [3.05, 3.63) is 6.92 Å². The van der Waals surface area contributed by atoms with E-state index in [4.69, 9.17) is 4.74 Å². The molecule has 20 heavy (non-hydrogen) atoms. The third-order valence-electron chi connectivity index (χ3n) is 4.23.